The SMILES string of the molecule is CCN(CC)Cc1ccc(CNC(=O)C2C3CCC(C3)C2N)cc1.Cl.Cl. The molecule has 2 aliphatic rings. The van der Waals surface area contributed by atoms with Crippen molar-refractivity contribution < 1.29 is 4.79 Å². The van der Waals surface area contributed by atoms with Crippen molar-refractivity contribution in [1.29, 1.82) is 0 Å². The molecule has 26 heavy (non-hydrogen) atoms. The minimum atomic E-state index is 0. The van der Waals surface area contributed by atoms with E-state index in [1.807, 2.05) is 0 Å². The predicted molar refractivity (Wildman–Crippen MR) is 112 cm³/mol. The summed E-state index contributed by atoms with van der Waals surface area (Å²) < 4.78 is 0. The van der Waals surface area contributed by atoms with E-state index in [0.717, 1.165) is 31.6 Å². The largest absolute Gasteiger partial charge is 0.352 e. The third kappa shape index (κ3) is 5.13. The quantitative estimate of drug-likeness (QED) is 0.735. The molecule has 4 atom stereocenters. The Kier molecular flexibility index (Phi) is 9.39. The Hall–Kier alpha value is -0.810. The molecule has 4 nitrogen and oxygen atoms in total. The molecule has 6 heteroatoms. The van der Waals surface area contributed by atoms with Gasteiger partial charge in [-0.15, -0.1) is 24.8 Å². The van der Waals surface area contributed by atoms with Crippen LogP contribution < -0.4 is 11.1 Å². The van der Waals surface area contributed by atoms with Crippen molar-refractivity contribution in [2.75, 3.05) is 13.1 Å². The third-order valence-electron chi connectivity index (χ3n) is 6.07. The molecule has 1 amide bonds. The van der Waals surface area contributed by atoms with Gasteiger partial charge in [-0.1, -0.05) is 38.1 Å². The predicted octanol–water partition coefficient (Wildman–Crippen LogP) is 3.36. The molecule has 2 aliphatic carbocycles. The normalized spacial score (nSPS) is 26.3. The van der Waals surface area contributed by atoms with Crippen LogP contribution in [0.3, 0.4) is 0 Å². The van der Waals surface area contributed by atoms with Gasteiger partial charge in [0.15, 0.2) is 0 Å². The Bertz CT molecular complexity index is 561. The molecule has 0 saturated heterocycles. The number of fused-ring (bicyclic) bond motifs is 2. The van der Waals surface area contributed by atoms with Crippen molar-refractivity contribution in [2.24, 2.45) is 23.5 Å². The Balaban J connectivity index is 0.00000169. The molecule has 1 aromatic rings. The summed E-state index contributed by atoms with van der Waals surface area (Å²) in [5.74, 6) is 1.28. The summed E-state index contributed by atoms with van der Waals surface area (Å²) in [5.41, 5.74) is 8.74. The van der Waals surface area contributed by atoms with Crippen LogP contribution in [-0.2, 0) is 17.9 Å². The first-order valence-corrected chi connectivity index (χ1v) is 9.45. The molecule has 2 bridgehead atoms. The van der Waals surface area contributed by atoms with E-state index in [-0.39, 0.29) is 42.7 Å². The van der Waals surface area contributed by atoms with E-state index >= 15 is 0 Å². The fraction of sp³-hybridized carbons (Fsp3) is 0.650. The maximum Gasteiger partial charge on any atom is 0.225 e. The number of hydrogen-bond acceptors (Lipinski definition) is 3. The van der Waals surface area contributed by atoms with Gasteiger partial charge in [0.1, 0.15) is 0 Å². The van der Waals surface area contributed by atoms with Crippen molar-refractivity contribution in [3.8, 4) is 0 Å². The monoisotopic (exact) mass is 401 g/mol. The van der Waals surface area contributed by atoms with Crippen molar-refractivity contribution in [1.82, 2.24) is 10.2 Å². The second-order valence-electron chi connectivity index (χ2n) is 7.43. The van der Waals surface area contributed by atoms with E-state index < -0.39 is 0 Å². The number of nitrogens with zero attached hydrogens (tertiary/aromatic N) is 1. The number of hydrogen-bond donors (Lipinski definition) is 2. The molecule has 0 heterocycles. The minimum absolute atomic E-state index is 0. The lowest BCUT2D eigenvalue weighted by atomic mass is 9.84. The number of amides is 1. The molecule has 1 aromatic carbocycles. The smallest absolute Gasteiger partial charge is 0.225 e. The summed E-state index contributed by atoms with van der Waals surface area (Å²) in [6.07, 6.45) is 3.54. The van der Waals surface area contributed by atoms with Gasteiger partial charge < -0.3 is 11.1 Å². The number of carbonyl (C=O) groups is 1. The first-order valence-electron chi connectivity index (χ1n) is 9.45. The molecule has 0 spiro atoms. The van der Waals surface area contributed by atoms with Gasteiger partial charge in [-0.05, 0) is 55.3 Å². The zero-order valence-corrected chi connectivity index (χ0v) is 17.5. The molecule has 2 fully saturated rings. The van der Waals surface area contributed by atoms with Gasteiger partial charge in [-0.25, -0.2) is 0 Å². The average molecular weight is 402 g/mol. The summed E-state index contributed by atoms with van der Waals surface area (Å²) in [6, 6.07) is 8.66. The molecule has 3 N–H and O–H groups in total. The minimum Gasteiger partial charge on any atom is -0.352 e. The number of nitrogens with two attached hydrogens (primary N) is 1. The number of halogens is 2. The van der Waals surface area contributed by atoms with E-state index in [4.69, 9.17) is 5.73 Å². The van der Waals surface area contributed by atoms with Gasteiger partial charge in [0, 0.05) is 19.1 Å². The van der Waals surface area contributed by atoms with Crippen molar-refractivity contribution in [2.45, 2.75) is 52.2 Å². The summed E-state index contributed by atoms with van der Waals surface area (Å²) in [7, 11) is 0. The van der Waals surface area contributed by atoms with Crippen LogP contribution in [0.15, 0.2) is 24.3 Å². The van der Waals surface area contributed by atoms with Crippen molar-refractivity contribution >= 4 is 30.7 Å². The topological polar surface area (TPSA) is 58.4 Å². The third-order valence-corrected chi connectivity index (χ3v) is 6.07. The maximum absolute atomic E-state index is 12.5. The molecule has 4 unspecified atom stereocenters. The second-order valence-corrected chi connectivity index (χ2v) is 7.43. The van der Waals surface area contributed by atoms with Crippen LogP contribution >= 0.6 is 24.8 Å². The Morgan fingerprint density at radius 1 is 1.08 bits per heavy atom. The molecular formula is C20H33Cl2N3O. The van der Waals surface area contributed by atoms with Crippen LogP contribution in [0.25, 0.3) is 0 Å². The molecule has 148 valence electrons. The van der Waals surface area contributed by atoms with Crippen LogP contribution in [0.4, 0.5) is 0 Å². The van der Waals surface area contributed by atoms with E-state index in [0.29, 0.717) is 18.4 Å². The highest BCUT2D eigenvalue weighted by Crippen LogP contribution is 2.47. The van der Waals surface area contributed by atoms with E-state index in [2.05, 4.69) is 48.3 Å². The standard InChI is InChI=1S/C20H31N3O.2ClH/c1-3-23(4-2)13-15-7-5-14(6-8-15)12-22-20(24)18-16-9-10-17(11-16)19(18)21;;/h5-8,16-19H,3-4,9-13,21H2,1-2H3,(H,22,24);2*1H. The van der Waals surface area contributed by atoms with Gasteiger partial charge in [0.25, 0.3) is 0 Å². The maximum atomic E-state index is 12.5. The van der Waals surface area contributed by atoms with Crippen LogP contribution in [0.5, 0.6) is 0 Å². The van der Waals surface area contributed by atoms with Gasteiger partial charge in [-0.2, -0.15) is 0 Å². The average Bonchev–Trinajstić information content (AvgIpc) is 3.19. The molecule has 0 radical (unpaired) electrons. The van der Waals surface area contributed by atoms with Gasteiger partial charge in [0.2, 0.25) is 5.91 Å². The Morgan fingerprint density at radius 2 is 1.65 bits per heavy atom. The second kappa shape index (κ2) is 10.5. The highest BCUT2D eigenvalue weighted by Gasteiger charge is 2.48. The van der Waals surface area contributed by atoms with E-state index in [9.17, 15) is 4.79 Å². The van der Waals surface area contributed by atoms with Crippen LogP contribution in [-0.4, -0.2) is 29.9 Å². The van der Waals surface area contributed by atoms with Crippen LogP contribution in [0, 0.1) is 17.8 Å². The zero-order chi connectivity index (χ0) is 17.1. The zero-order valence-electron chi connectivity index (χ0n) is 15.8. The summed E-state index contributed by atoms with van der Waals surface area (Å²) in [5, 5.41) is 3.11. The highest BCUT2D eigenvalue weighted by molar-refractivity contribution is 5.85. The molecule has 0 aromatic heterocycles. The fourth-order valence-electron chi connectivity index (χ4n) is 4.50. The lowest BCUT2D eigenvalue weighted by Crippen LogP contribution is -2.45. The molecule has 3 rings (SSSR count). The van der Waals surface area contributed by atoms with E-state index in [1.54, 1.807) is 0 Å². The Labute approximate surface area is 170 Å². The summed E-state index contributed by atoms with van der Waals surface area (Å²) in [4.78, 5) is 14.9. The van der Waals surface area contributed by atoms with Gasteiger partial charge >= 0.3 is 0 Å². The fourth-order valence-corrected chi connectivity index (χ4v) is 4.50. The van der Waals surface area contributed by atoms with Gasteiger partial charge in [-0.3, -0.25) is 9.69 Å². The lowest BCUT2D eigenvalue weighted by Gasteiger charge is -2.27. The number of benzene rings is 1. The van der Waals surface area contributed by atoms with Crippen molar-refractivity contribution in [3.63, 3.8) is 0 Å². The van der Waals surface area contributed by atoms with Gasteiger partial charge in [0.05, 0.1) is 5.92 Å². The first kappa shape index (κ1) is 23.2. The summed E-state index contributed by atoms with van der Waals surface area (Å²) in [6.45, 7) is 8.10. The molecular weight excluding hydrogens is 369 g/mol. The number of nitrogens with one attached hydrogen (secondary N) is 1. The molecule has 2 saturated carbocycles. The van der Waals surface area contributed by atoms with E-state index in [1.165, 1.54) is 18.4 Å². The molecule has 0 aliphatic heterocycles. The lowest BCUT2D eigenvalue weighted by molar-refractivity contribution is -0.127. The van der Waals surface area contributed by atoms with Crippen molar-refractivity contribution in [3.05, 3.63) is 35.4 Å². The van der Waals surface area contributed by atoms with Crippen LogP contribution in [0.1, 0.15) is 44.2 Å². The Morgan fingerprint density at radius 3 is 2.19 bits per heavy atom. The van der Waals surface area contributed by atoms with Crippen LogP contribution in [0.2, 0.25) is 0 Å². The number of carbonyl (C=O) groups excluding carboxylic acids is 1. The highest BCUT2D eigenvalue weighted by atomic mass is 35.5. The first-order chi connectivity index (χ1) is 11.6. The summed E-state index contributed by atoms with van der Waals surface area (Å²) >= 11 is 0. The number of rotatable bonds is 7.